The van der Waals surface area contributed by atoms with Gasteiger partial charge in [-0.05, 0) is 38.0 Å². The number of guanidine groups is 1. The summed E-state index contributed by atoms with van der Waals surface area (Å²) >= 11 is 0. The fourth-order valence-electron chi connectivity index (χ4n) is 3.79. The molecule has 1 fully saturated rings. The summed E-state index contributed by atoms with van der Waals surface area (Å²) in [5, 5.41) is 15.4. The molecule has 1 aromatic rings. The monoisotopic (exact) mass is 318 g/mol. The molecule has 2 heterocycles. The van der Waals surface area contributed by atoms with E-state index in [1.165, 1.54) is 38.5 Å². The van der Waals surface area contributed by atoms with Crippen molar-refractivity contribution in [1.29, 1.82) is 0 Å². The maximum absolute atomic E-state index is 4.37. The Bertz CT molecular complexity index is 529. The van der Waals surface area contributed by atoms with Crippen LogP contribution in [-0.2, 0) is 13.0 Å². The summed E-state index contributed by atoms with van der Waals surface area (Å²) in [5.41, 5.74) is 0. The van der Waals surface area contributed by atoms with Crippen LogP contribution in [0.4, 0.5) is 0 Å². The van der Waals surface area contributed by atoms with Gasteiger partial charge in [0.2, 0.25) is 0 Å². The molecule has 1 aromatic heterocycles. The van der Waals surface area contributed by atoms with E-state index in [2.05, 4.69) is 30.4 Å². The highest BCUT2D eigenvalue weighted by molar-refractivity contribution is 5.79. The zero-order chi connectivity index (χ0) is 16.1. The van der Waals surface area contributed by atoms with Crippen molar-refractivity contribution in [3.63, 3.8) is 0 Å². The third-order valence-electron chi connectivity index (χ3n) is 5.29. The molecule has 23 heavy (non-hydrogen) atoms. The minimum atomic E-state index is 0.616. The van der Waals surface area contributed by atoms with Crippen molar-refractivity contribution < 1.29 is 0 Å². The molecule has 1 unspecified atom stereocenters. The average Bonchev–Trinajstić information content (AvgIpc) is 2.97. The summed E-state index contributed by atoms with van der Waals surface area (Å²) in [6.07, 6.45) is 9.12. The Balaban J connectivity index is 1.42. The van der Waals surface area contributed by atoms with Crippen LogP contribution in [0.15, 0.2) is 4.99 Å². The number of aryl methyl sites for hydroxylation is 2. The van der Waals surface area contributed by atoms with E-state index in [9.17, 15) is 0 Å². The smallest absolute Gasteiger partial charge is 0.190 e. The summed E-state index contributed by atoms with van der Waals surface area (Å²) in [6, 6.07) is 0. The van der Waals surface area contributed by atoms with Crippen LogP contribution in [0.2, 0.25) is 0 Å². The molecule has 2 aliphatic rings. The van der Waals surface area contributed by atoms with Gasteiger partial charge in [-0.25, -0.2) is 0 Å². The van der Waals surface area contributed by atoms with Gasteiger partial charge < -0.3 is 15.2 Å². The minimum Gasteiger partial charge on any atom is -0.356 e. The van der Waals surface area contributed by atoms with E-state index in [0.717, 1.165) is 49.6 Å². The first kappa shape index (κ1) is 16.3. The van der Waals surface area contributed by atoms with Crippen LogP contribution >= 0.6 is 0 Å². The van der Waals surface area contributed by atoms with Crippen molar-refractivity contribution in [2.45, 2.75) is 58.4 Å². The summed E-state index contributed by atoms with van der Waals surface area (Å²) < 4.78 is 2.26. The molecule has 3 rings (SSSR count). The van der Waals surface area contributed by atoms with Crippen LogP contribution in [0.3, 0.4) is 0 Å². The van der Waals surface area contributed by atoms with E-state index in [-0.39, 0.29) is 0 Å². The molecule has 6 heteroatoms. The Morgan fingerprint density at radius 1 is 1.09 bits per heavy atom. The molecule has 0 amide bonds. The molecular formula is C17H30N6. The number of rotatable bonds is 4. The number of nitrogens with zero attached hydrogens (tertiary/aromatic N) is 4. The quantitative estimate of drug-likeness (QED) is 0.657. The molecule has 0 spiro atoms. The molecule has 0 bridgehead atoms. The lowest BCUT2D eigenvalue weighted by Crippen LogP contribution is -2.43. The zero-order valence-electron chi connectivity index (χ0n) is 14.5. The Morgan fingerprint density at radius 3 is 2.57 bits per heavy atom. The van der Waals surface area contributed by atoms with Crippen LogP contribution in [0.25, 0.3) is 0 Å². The molecular weight excluding hydrogens is 288 g/mol. The lowest BCUT2D eigenvalue weighted by Gasteiger charge is -2.26. The van der Waals surface area contributed by atoms with Crippen LogP contribution in [-0.4, -0.2) is 40.9 Å². The van der Waals surface area contributed by atoms with Crippen LogP contribution < -0.4 is 10.6 Å². The van der Waals surface area contributed by atoms with Crippen molar-refractivity contribution in [3.8, 4) is 0 Å². The van der Waals surface area contributed by atoms with Gasteiger partial charge in [-0.15, -0.1) is 10.2 Å². The van der Waals surface area contributed by atoms with Gasteiger partial charge in [-0.3, -0.25) is 4.99 Å². The van der Waals surface area contributed by atoms with Gasteiger partial charge in [-0.1, -0.05) is 19.3 Å². The van der Waals surface area contributed by atoms with E-state index in [1.807, 2.05) is 14.0 Å². The van der Waals surface area contributed by atoms with Gasteiger partial charge in [0.1, 0.15) is 11.6 Å². The van der Waals surface area contributed by atoms with Crippen molar-refractivity contribution in [3.05, 3.63) is 11.6 Å². The number of aromatic nitrogens is 3. The zero-order valence-corrected chi connectivity index (χ0v) is 14.5. The second-order valence-electron chi connectivity index (χ2n) is 7.02. The van der Waals surface area contributed by atoms with Crippen LogP contribution in [0, 0.1) is 18.8 Å². The van der Waals surface area contributed by atoms with Gasteiger partial charge in [-0.2, -0.15) is 0 Å². The number of hydrogen-bond donors (Lipinski definition) is 2. The van der Waals surface area contributed by atoms with Crippen LogP contribution in [0.5, 0.6) is 0 Å². The Labute approximate surface area is 139 Å². The van der Waals surface area contributed by atoms with Gasteiger partial charge in [0.15, 0.2) is 5.96 Å². The fourth-order valence-corrected chi connectivity index (χ4v) is 3.79. The normalized spacial score (nSPS) is 22.7. The van der Waals surface area contributed by atoms with Gasteiger partial charge >= 0.3 is 0 Å². The summed E-state index contributed by atoms with van der Waals surface area (Å²) in [6.45, 7) is 5.07. The van der Waals surface area contributed by atoms with Crippen molar-refractivity contribution >= 4 is 5.96 Å². The Morgan fingerprint density at radius 2 is 1.83 bits per heavy atom. The first-order valence-electron chi connectivity index (χ1n) is 9.09. The summed E-state index contributed by atoms with van der Waals surface area (Å²) in [7, 11) is 1.86. The number of nitrogens with one attached hydrogen (secondary N) is 2. The SMILES string of the molecule is CN=C(NCC1CCCCC1)NCC1CCc2nnc(C)n2C1. The molecule has 0 aromatic carbocycles. The van der Waals surface area contributed by atoms with Crippen LogP contribution in [0.1, 0.15) is 50.2 Å². The molecule has 128 valence electrons. The molecule has 6 nitrogen and oxygen atoms in total. The number of hydrogen-bond acceptors (Lipinski definition) is 3. The van der Waals surface area contributed by atoms with Gasteiger partial charge in [0.25, 0.3) is 0 Å². The third-order valence-corrected chi connectivity index (χ3v) is 5.29. The predicted molar refractivity (Wildman–Crippen MR) is 92.5 cm³/mol. The summed E-state index contributed by atoms with van der Waals surface area (Å²) in [4.78, 5) is 4.37. The molecule has 2 N–H and O–H groups in total. The topological polar surface area (TPSA) is 67.1 Å². The molecule has 1 aliphatic heterocycles. The van der Waals surface area contributed by atoms with Crippen molar-refractivity contribution in [1.82, 2.24) is 25.4 Å². The minimum absolute atomic E-state index is 0.616. The van der Waals surface area contributed by atoms with E-state index < -0.39 is 0 Å². The largest absolute Gasteiger partial charge is 0.356 e. The van der Waals surface area contributed by atoms with E-state index in [1.54, 1.807) is 0 Å². The maximum atomic E-state index is 4.37. The summed E-state index contributed by atoms with van der Waals surface area (Å²) in [5.74, 6) is 4.55. The first-order valence-corrected chi connectivity index (χ1v) is 9.09. The molecule has 1 aliphatic carbocycles. The highest BCUT2D eigenvalue weighted by Gasteiger charge is 2.21. The lowest BCUT2D eigenvalue weighted by atomic mass is 9.89. The predicted octanol–water partition coefficient (Wildman–Crippen LogP) is 1.89. The lowest BCUT2D eigenvalue weighted by molar-refractivity contribution is 0.349. The second-order valence-corrected chi connectivity index (χ2v) is 7.02. The standard InChI is InChI=1S/C17H30N6/c1-13-21-22-16-9-8-15(12-23(13)16)11-20-17(18-2)19-10-14-6-4-3-5-7-14/h14-15H,3-12H2,1-2H3,(H2,18,19,20). The van der Waals surface area contributed by atoms with Crippen molar-refractivity contribution in [2.75, 3.05) is 20.1 Å². The highest BCUT2D eigenvalue weighted by Crippen LogP contribution is 2.22. The number of aliphatic imine (C=N–C) groups is 1. The van der Waals surface area contributed by atoms with E-state index in [0.29, 0.717) is 5.92 Å². The molecule has 0 saturated heterocycles. The average molecular weight is 318 g/mol. The molecule has 1 saturated carbocycles. The molecule has 1 atom stereocenters. The number of fused-ring (bicyclic) bond motifs is 1. The van der Waals surface area contributed by atoms with Gasteiger partial charge in [0.05, 0.1) is 0 Å². The van der Waals surface area contributed by atoms with E-state index >= 15 is 0 Å². The maximum Gasteiger partial charge on any atom is 0.190 e. The third kappa shape index (κ3) is 4.24. The highest BCUT2D eigenvalue weighted by atomic mass is 15.3. The fraction of sp³-hybridized carbons (Fsp3) is 0.824. The molecule has 0 radical (unpaired) electrons. The Kier molecular flexibility index (Phi) is 5.51. The van der Waals surface area contributed by atoms with Gasteiger partial charge in [0, 0.05) is 33.1 Å². The van der Waals surface area contributed by atoms with E-state index in [4.69, 9.17) is 0 Å². The van der Waals surface area contributed by atoms with Crippen molar-refractivity contribution in [2.24, 2.45) is 16.8 Å². The first-order chi connectivity index (χ1) is 11.3. The Hall–Kier alpha value is -1.59. The second kappa shape index (κ2) is 7.79.